The Morgan fingerprint density at radius 1 is 1.03 bits per heavy atom. The number of benzene rings is 1. The van der Waals surface area contributed by atoms with E-state index < -0.39 is 0 Å². The van der Waals surface area contributed by atoms with Gasteiger partial charge in [-0.2, -0.15) is 0 Å². The lowest BCUT2D eigenvalue weighted by Gasteiger charge is -2.34. The summed E-state index contributed by atoms with van der Waals surface area (Å²) in [5, 5.41) is 0. The van der Waals surface area contributed by atoms with Gasteiger partial charge in [0.15, 0.2) is 0 Å². The van der Waals surface area contributed by atoms with Gasteiger partial charge in [0.1, 0.15) is 5.82 Å². The molecule has 3 aromatic rings. The van der Waals surface area contributed by atoms with E-state index in [1.54, 1.807) is 4.90 Å². The highest BCUT2D eigenvalue weighted by atomic mass is 16.2. The Morgan fingerprint density at radius 3 is 2.57 bits per heavy atom. The smallest absolute Gasteiger partial charge is 0.315 e. The van der Waals surface area contributed by atoms with E-state index in [2.05, 4.69) is 25.9 Å². The largest absolute Gasteiger partial charge is 0.351 e. The van der Waals surface area contributed by atoms with E-state index >= 15 is 0 Å². The predicted molar refractivity (Wildman–Crippen MR) is 116 cm³/mol. The van der Waals surface area contributed by atoms with Gasteiger partial charge in [-0.05, 0) is 44.6 Å². The van der Waals surface area contributed by atoms with Gasteiger partial charge in [0.25, 0.3) is 0 Å². The standard InChI is InChI=1S/C22H27N7O/c23-21(30)29-12-5-2-9-18(29)16-7-6-8-17-19(16)27-20(26-17)15-13-24-22(25-14-15)28-10-3-1-4-11-28/h6-8,13-14,18H,1-5,9-12H2,(H2,23,30)(H,26,27). The number of aromatic nitrogens is 4. The number of urea groups is 1. The fraction of sp³-hybridized carbons (Fsp3) is 0.455. The third-order valence-corrected chi connectivity index (χ3v) is 6.24. The van der Waals surface area contributed by atoms with Crippen molar-refractivity contribution in [3.63, 3.8) is 0 Å². The van der Waals surface area contributed by atoms with Crippen LogP contribution in [-0.2, 0) is 0 Å². The second-order valence-electron chi connectivity index (χ2n) is 8.19. The molecular formula is C22H27N7O. The molecule has 0 saturated carbocycles. The molecule has 2 amide bonds. The molecule has 1 aromatic carbocycles. The molecule has 8 heteroatoms. The molecule has 2 aliphatic heterocycles. The SMILES string of the molecule is NC(=O)N1CCCCC1c1cccc2[nH]c(-c3cnc(N4CCCCC4)nc3)nc12. The second-order valence-corrected chi connectivity index (χ2v) is 8.19. The molecule has 2 saturated heterocycles. The first-order valence-electron chi connectivity index (χ1n) is 10.8. The van der Waals surface area contributed by atoms with Crippen LogP contribution in [0.25, 0.3) is 22.4 Å². The molecule has 3 N–H and O–H groups in total. The molecule has 0 radical (unpaired) electrons. The summed E-state index contributed by atoms with van der Waals surface area (Å²) < 4.78 is 0. The van der Waals surface area contributed by atoms with Crippen molar-refractivity contribution in [2.45, 2.75) is 44.6 Å². The Labute approximate surface area is 175 Å². The van der Waals surface area contributed by atoms with Crippen LogP contribution in [0.5, 0.6) is 0 Å². The molecule has 2 aliphatic rings. The number of H-pyrrole nitrogens is 1. The Hall–Kier alpha value is -3.16. The lowest BCUT2D eigenvalue weighted by atomic mass is 9.94. The summed E-state index contributed by atoms with van der Waals surface area (Å²) in [6, 6.07) is 5.66. The number of aromatic amines is 1. The average molecular weight is 406 g/mol. The molecule has 0 bridgehead atoms. The van der Waals surface area contributed by atoms with Crippen LogP contribution >= 0.6 is 0 Å². The Balaban J connectivity index is 1.47. The maximum atomic E-state index is 12.0. The molecule has 0 spiro atoms. The second kappa shape index (κ2) is 7.93. The van der Waals surface area contributed by atoms with Gasteiger partial charge in [0.05, 0.1) is 22.6 Å². The molecule has 156 valence electrons. The van der Waals surface area contributed by atoms with Gasteiger partial charge in [-0.3, -0.25) is 0 Å². The zero-order valence-corrected chi connectivity index (χ0v) is 17.0. The Kier molecular flexibility index (Phi) is 4.98. The average Bonchev–Trinajstić information content (AvgIpc) is 3.24. The number of rotatable bonds is 3. The van der Waals surface area contributed by atoms with Crippen molar-refractivity contribution in [2.24, 2.45) is 5.73 Å². The first-order valence-corrected chi connectivity index (χ1v) is 10.8. The lowest BCUT2D eigenvalue weighted by Crippen LogP contribution is -2.41. The first-order chi connectivity index (χ1) is 14.7. The van der Waals surface area contributed by atoms with Crippen LogP contribution in [0.2, 0.25) is 0 Å². The number of carbonyl (C=O) groups excluding carboxylic acids is 1. The number of hydrogen-bond donors (Lipinski definition) is 2. The van der Waals surface area contributed by atoms with E-state index in [-0.39, 0.29) is 12.1 Å². The minimum Gasteiger partial charge on any atom is -0.351 e. The number of nitrogens with two attached hydrogens (primary N) is 1. The highest BCUT2D eigenvalue weighted by Crippen LogP contribution is 2.35. The Bertz CT molecular complexity index is 1040. The highest BCUT2D eigenvalue weighted by molar-refractivity contribution is 5.83. The van der Waals surface area contributed by atoms with Gasteiger partial charge in [-0.15, -0.1) is 0 Å². The third kappa shape index (κ3) is 3.46. The number of primary amides is 1. The molecule has 1 atom stereocenters. The summed E-state index contributed by atoms with van der Waals surface area (Å²) in [6.45, 7) is 2.73. The quantitative estimate of drug-likeness (QED) is 0.693. The monoisotopic (exact) mass is 405 g/mol. The van der Waals surface area contributed by atoms with Crippen molar-refractivity contribution >= 4 is 23.0 Å². The number of para-hydroxylation sites is 1. The van der Waals surface area contributed by atoms with Crippen LogP contribution in [0.1, 0.15) is 50.1 Å². The van der Waals surface area contributed by atoms with Crippen molar-refractivity contribution in [1.82, 2.24) is 24.8 Å². The predicted octanol–water partition coefficient (Wildman–Crippen LogP) is 3.62. The van der Waals surface area contributed by atoms with Crippen molar-refractivity contribution in [2.75, 3.05) is 24.5 Å². The van der Waals surface area contributed by atoms with E-state index in [0.29, 0.717) is 6.54 Å². The fourth-order valence-electron chi connectivity index (χ4n) is 4.68. The van der Waals surface area contributed by atoms with Crippen LogP contribution in [0.3, 0.4) is 0 Å². The number of nitrogens with zero attached hydrogens (tertiary/aromatic N) is 5. The van der Waals surface area contributed by atoms with Crippen LogP contribution < -0.4 is 10.6 Å². The zero-order chi connectivity index (χ0) is 20.5. The molecule has 30 heavy (non-hydrogen) atoms. The topological polar surface area (TPSA) is 104 Å². The van der Waals surface area contributed by atoms with Gasteiger partial charge in [-0.25, -0.2) is 19.7 Å². The van der Waals surface area contributed by atoms with Gasteiger partial charge in [0.2, 0.25) is 5.95 Å². The molecule has 8 nitrogen and oxygen atoms in total. The molecule has 0 aliphatic carbocycles. The number of hydrogen-bond acceptors (Lipinski definition) is 5. The van der Waals surface area contributed by atoms with Gasteiger partial charge < -0.3 is 20.5 Å². The third-order valence-electron chi connectivity index (χ3n) is 6.24. The van der Waals surface area contributed by atoms with E-state index in [4.69, 9.17) is 10.7 Å². The number of amides is 2. The number of piperidine rings is 2. The first kappa shape index (κ1) is 18.8. The van der Waals surface area contributed by atoms with E-state index in [0.717, 1.165) is 66.3 Å². The van der Waals surface area contributed by atoms with Crippen LogP contribution in [0.4, 0.5) is 10.7 Å². The maximum absolute atomic E-state index is 12.0. The summed E-state index contributed by atoms with van der Waals surface area (Å²) in [7, 11) is 0. The van der Waals surface area contributed by atoms with Crippen molar-refractivity contribution in [1.29, 1.82) is 0 Å². The summed E-state index contributed by atoms with van der Waals surface area (Å²) in [6.07, 6.45) is 10.3. The van der Waals surface area contributed by atoms with E-state index in [1.165, 1.54) is 19.3 Å². The summed E-state index contributed by atoms with van der Waals surface area (Å²) in [5.74, 6) is 1.53. The van der Waals surface area contributed by atoms with Gasteiger partial charge in [0, 0.05) is 37.6 Å². The van der Waals surface area contributed by atoms with Crippen molar-refractivity contribution < 1.29 is 4.79 Å². The van der Waals surface area contributed by atoms with Crippen molar-refractivity contribution in [3.05, 3.63) is 36.2 Å². The summed E-state index contributed by atoms with van der Waals surface area (Å²) >= 11 is 0. The maximum Gasteiger partial charge on any atom is 0.315 e. The van der Waals surface area contributed by atoms with Crippen LogP contribution in [0, 0.1) is 0 Å². The van der Waals surface area contributed by atoms with Gasteiger partial charge >= 0.3 is 6.03 Å². The van der Waals surface area contributed by atoms with Crippen LogP contribution in [-0.4, -0.2) is 50.5 Å². The van der Waals surface area contributed by atoms with Crippen LogP contribution in [0.15, 0.2) is 30.6 Å². The molecule has 2 aromatic heterocycles. The lowest BCUT2D eigenvalue weighted by molar-refractivity contribution is 0.160. The molecule has 1 unspecified atom stereocenters. The number of imidazole rings is 1. The number of fused-ring (bicyclic) bond motifs is 1. The number of likely N-dealkylation sites (tertiary alicyclic amines) is 1. The fourth-order valence-corrected chi connectivity index (χ4v) is 4.68. The number of carbonyl (C=O) groups is 1. The Morgan fingerprint density at radius 2 is 1.80 bits per heavy atom. The summed E-state index contributed by atoms with van der Waals surface area (Å²) in [5.41, 5.74) is 9.37. The molecule has 2 fully saturated rings. The number of anilines is 1. The minimum atomic E-state index is -0.367. The zero-order valence-electron chi connectivity index (χ0n) is 17.0. The molecule has 4 heterocycles. The molecule has 5 rings (SSSR count). The van der Waals surface area contributed by atoms with E-state index in [1.807, 2.05) is 24.5 Å². The van der Waals surface area contributed by atoms with E-state index in [9.17, 15) is 4.79 Å². The highest BCUT2D eigenvalue weighted by Gasteiger charge is 2.28. The normalized spacial score (nSPS) is 19.9. The summed E-state index contributed by atoms with van der Waals surface area (Å²) in [4.78, 5) is 33.4. The molecular weight excluding hydrogens is 378 g/mol. The van der Waals surface area contributed by atoms with Gasteiger partial charge in [-0.1, -0.05) is 12.1 Å². The van der Waals surface area contributed by atoms with Crippen molar-refractivity contribution in [3.8, 4) is 11.4 Å². The minimum absolute atomic E-state index is 0.0335. The number of nitrogens with one attached hydrogen (secondary N) is 1.